The molecule has 27 heavy (non-hydrogen) atoms. The molecule has 1 amide bonds. The smallest absolute Gasteiger partial charge is 0.296 e. The molecule has 0 spiro atoms. The van der Waals surface area contributed by atoms with Gasteiger partial charge in [-0.15, -0.1) is 0 Å². The first-order chi connectivity index (χ1) is 13.1. The van der Waals surface area contributed by atoms with Gasteiger partial charge in [-0.25, -0.2) is 4.98 Å². The van der Waals surface area contributed by atoms with Gasteiger partial charge >= 0.3 is 0 Å². The molecule has 0 saturated heterocycles. The van der Waals surface area contributed by atoms with Crippen LogP contribution in [0.25, 0.3) is 10.2 Å². The van der Waals surface area contributed by atoms with E-state index in [-0.39, 0.29) is 11.7 Å². The minimum Gasteiger partial charge on any atom is -0.459 e. The summed E-state index contributed by atoms with van der Waals surface area (Å²) >= 11 is 1.51. The maximum atomic E-state index is 13.1. The van der Waals surface area contributed by atoms with E-state index in [1.165, 1.54) is 23.2 Å². The number of carbonyl (C=O) groups is 1. The molecule has 136 valence electrons. The molecule has 4 rings (SSSR count). The van der Waals surface area contributed by atoms with Crippen molar-refractivity contribution in [2.75, 3.05) is 4.90 Å². The molecule has 0 aliphatic rings. The molecule has 0 saturated carbocycles. The van der Waals surface area contributed by atoms with Crippen LogP contribution in [0.4, 0.5) is 5.13 Å². The van der Waals surface area contributed by atoms with E-state index in [0.717, 1.165) is 15.9 Å². The van der Waals surface area contributed by atoms with Gasteiger partial charge in [-0.2, -0.15) is 0 Å². The number of fused-ring (bicyclic) bond motifs is 1. The lowest BCUT2D eigenvalue weighted by Crippen LogP contribution is -2.30. The summed E-state index contributed by atoms with van der Waals surface area (Å²) < 4.78 is 6.40. The Labute approximate surface area is 161 Å². The highest BCUT2D eigenvalue weighted by atomic mass is 32.1. The largest absolute Gasteiger partial charge is 0.459 e. The second kappa shape index (κ2) is 7.32. The SMILES string of the molecule is CC(C)c1cccc2sc(N(Cc3ccccn3)C(=O)c3ccco3)nc12. The Morgan fingerprint density at radius 3 is 2.74 bits per heavy atom. The summed E-state index contributed by atoms with van der Waals surface area (Å²) in [6.07, 6.45) is 3.22. The molecule has 6 heteroatoms. The van der Waals surface area contributed by atoms with Gasteiger partial charge in [0.1, 0.15) is 0 Å². The Morgan fingerprint density at radius 2 is 2.04 bits per heavy atom. The van der Waals surface area contributed by atoms with Gasteiger partial charge in [0.2, 0.25) is 0 Å². The van der Waals surface area contributed by atoms with E-state index in [1.54, 1.807) is 23.2 Å². The topological polar surface area (TPSA) is 59.2 Å². The summed E-state index contributed by atoms with van der Waals surface area (Å²) in [5, 5.41) is 0.644. The number of pyridine rings is 1. The third-order valence-corrected chi connectivity index (χ3v) is 5.36. The fraction of sp³-hybridized carbons (Fsp3) is 0.190. The monoisotopic (exact) mass is 377 g/mol. The number of aromatic nitrogens is 2. The summed E-state index contributed by atoms with van der Waals surface area (Å²) in [5.74, 6) is 0.416. The van der Waals surface area contributed by atoms with Gasteiger partial charge in [-0.05, 0) is 41.8 Å². The van der Waals surface area contributed by atoms with Gasteiger partial charge in [0.05, 0.1) is 28.7 Å². The normalized spacial score (nSPS) is 11.2. The molecule has 0 unspecified atom stereocenters. The van der Waals surface area contributed by atoms with Crippen molar-refractivity contribution in [2.24, 2.45) is 0 Å². The van der Waals surface area contributed by atoms with E-state index in [2.05, 4.69) is 24.9 Å². The zero-order chi connectivity index (χ0) is 18.8. The van der Waals surface area contributed by atoms with E-state index >= 15 is 0 Å². The number of para-hydroxylation sites is 1. The van der Waals surface area contributed by atoms with Crippen LogP contribution in [-0.4, -0.2) is 15.9 Å². The second-order valence-corrected chi connectivity index (χ2v) is 7.54. The van der Waals surface area contributed by atoms with Crippen LogP contribution in [0.3, 0.4) is 0 Å². The molecule has 0 aliphatic heterocycles. The Kier molecular flexibility index (Phi) is 4.73. The van der Waals surface area contributed by atoms with E-state index in [0.29, 0.717) is 17.6 Å². The molecule has 1 aromatic carbocycles. The number of hydrogen-bond acceptors (Lipinski definition) is 5. The van der Waals surface area contributed by atoms with E-state index < -0.39 is 0 Å². The van der Waals surface area contributed by atoms with Gasteiger partial charge in [0.15, 0.2) is 10.9 Å². The van der Waals surface area contributed by atoms with E-state index in [4.69, 9.17) is 9.40 Å². The lowest BCUT2D eigenvalue weighted by molar-refractivity contribution is 0.0958. The van der Waals surface area contributed by atoms with Crippen LogP contribution in [0, 0.1) is 0 Å². The second-order valence-electron chi connectivity index (χ2n) is 6.53. The number of nitrogens with zero attached hydrogens (tertiary/aromatic N) is 3. The Bertz CT molecular complexity index is 1060. The van der Waals surface area contributed by atoms with Gasteiger partial charge in [0.25, 0.3) is 5.91 Å². The predicted molar refractivity (Wildman–Crippen MR) is 107 cm³/mol. The standard InChI is InChI=1S/C21H19N3O2S/c1-14(2)16-8-5-10-18-19(16)23-21(27-18)24(13-15-7-3-4-11-22-15)20(25)17-9-6-12-26-17/h3-12,14H,13H2,1-2H3. The molecular weight excluding hydrogens is 358 g/mol. The van der Waals surface area contributed by atoms with Crippen LogP contribution >= 0.6 is 11.3 Å². The van der Waals surface area contributed by atoms with Crippen molar-refractivity contribution in [1.29, 1.82) is 0 Å². The predicted octanol–water partition coefficient (Wildman–Crippen LogP) is 5.25. The number of furan rings is 1. The van der Waals surface area contributed by atoms with E-state index in [9.17, 15) is 4.79 Å². The Balaban J connectivity index is 1.79. The zero-order valence-corrected chi connectivity index (χ0v) is 15.9. The first-order valence-electron chi connectivity index (χ1n) is 8.78. The van der Waals surface area contributed by atoms with Gasteiger partial charge < -0.3 is 4.42 Å². The van der Waals surface area contributed by atoms with Crippen LogP contribution in [0.5, 0.6) is 0 Å². The third kappa shape index (κ3) is 3.48. The molecule has 3 aromatic heterocycles. The van der Waals surface area contributed by atoms with Crippen LogP contribution in [0.2, 0.25) is 0 Å². The minimum absolute atomic E-state index is 0.226. The van der Waals surface area contributed by atoms with Crippen molar-refractivity contribution >= 4 is 32.6 Å². The highest BCUT2D eigenvalue weighted by Crippen LogP contribution is 2.34. The summed E-state index contributed by atoms with van der Waals surface area (Å²) in [5.41, 5.74) is 2.92. The van der Waals surface area contributed by atoms with Crippen molar-refractivity contribution in [2.45, 2.75) is 26.3 Å². The number of benzene rings is 1. The summed E-state index contributed by atoms with van der Waals surface area (Å²) in [6.45, 7) is 4.62. The van der Waals surface area contributed by atoms with Gasteiger partial charge in [-0.1, -0.05) is 43.4 Å². The van der Waals surface area contributed by atoms with Crippen molar-refractivity contribution < 1.29 is 9.21 Å². The maximum absolute atomic E-state index is 13.1. The van der Waals surface area contributed by atoms with Gasteiger partial charge in [0, 0.05) is 6.20 Å². The minimum atomic E-state index is -0.226. The number of rotatable bonds is 5. The number of thiazole rings is 1. The highest BCUT2D eigenvalue weighted by molar-refractivity contribution is 7.22. The van der Waals surface area contributed by atoms with Crippen molar-refractivity contribution in [3.63, 3.8) is 0 Å². The van der Waals surface area contributed by atoms with Crippen molar-refractivity contribution in [1.82, 2.24) is 9.97 Å². The molecule has 3 heterocycles. The van der Waals surface area contributed by atoms with Crippen LogP contribution in [0.1, 0.15) is 41.6 Å². The summed E-state index contributed by atoms with van der Waals surface area (Å²) in [6, 6.07) is 15.2. The number of carbonyl (C=O) groups excluding carboxylic acids is 1. The number of hydrogen-bond donors (Lipinski definition) is 0. The van der Waals surface area contributed by atoms with Crippen LogP contribution < -0.4 is 4.90 Å². The maximum Gasteiger partial charge on any atom is 0.296 e. The molecular formula is C21H19N3O2S. The van der Waals surface area contributed by atoms with Gasteiger partial charge in [-0.3, -0.25) is 14.7 Å². The molecule has 4 aromatic rings. The van der Waals surface area contributed by atoms with Crippen LogP contribution in [-0.2, 0) is 6.54 Å². The first-order valence-corrected chi connectivity index (χ1v) is 9.60. The average molecular weight is 377 g/mol. The number of anilines is 1. The van der Waals surface area contributed by atoms with Crippen LogP contribution in [0.15, 0.2) is 65.4 Å². The highest BCUT2D eigenvalue weighted by Gasteiger charge is 2.24. The fourth-order valence-corrected chi connectivity index (χ4v) is 3.95. The summed E-state index contributed by atoms with van der Waals surface area (Å²) in [4.78, 5) is 23.9. The average Bonchev–Trinajstić information content (AvgIpc) is 3.35. The molecule has 0 atom stereocenters. The lowest BCUT2D eigenvalue weighted by atomic mass is 10.0. The molecule has 0 aliphatic carbocycles. The molecule has 0 bridgehead atoms. The Hall–Kier alpha value is -2.99. The summed E-state index contributed by atoms with van der Waals surface area (Å²) in [7, 11) is 0. The lowest BCUT2D eigenvalue weighted by Gasteiger charge is -2.18. The fourth-order valence-electron chi connectivity index (χ4n) is 2.95. The zero-order valence-electron chi connectivity index (χ0n) is 15.1. The number of amides is 1. The molecule has 0 N–H and O–H groups in total. The van der Waals surface area contributed by atoms with Crippen molar-refractivity contribution in [3.8, 4) is 0 Å². The third-order valence-electron chi connectivity index (χ3n) is 4.32. The molecule has 0 radical (unpaired) electrons. The molecule has 5 nitrogen and oxygen atoms in total. The first kappa shape index (κ1) is 17.4. The van der Waals surface area contributed by atoms with Crippen molar-refractivity contribution in [3.05, 3.63) is 78.0 Å². The quantitative estimate of drug-likeness (QED) is 0.476. The Morgan fingerprint density at radius 1 is 1.15 bits per heavy atom. The van der Waals surface area contributed by atoms with E-state index in [1.807, 2.05) is 30.3 Å². The molecule has 0 fully saturated rings.